The summed E-state index contributed by atoms with van der Waals surface area (Å²) in [4.78, 5) is 40.4. The summed E-state index contributed by atoms with van der Waals surface area (Å²) >= 11 is 0. The first kappa shape index (κ1) is 23.3. The molecule has 10 nitrogen and oxygen atoms in total. The van der Waals surface area contributed by atoms with Gasteiger partial charge in [-0.3, -0.25) is 14.3 Å². The molecule has 3 rings (SSSR count). The van der Waals surface area contributed by atoms with Gasteiger partial charge in [0, 0.05) is 25.3 Å². The summed E-state index contributed by atoms with van der Waals surface area (Å²) in [6, 6.07) is 8.70. The zero-order chi connectivity index (χ0) is 23.3. The number of nitrogens with zero attached hydrogens (tertiary/aromatic N) is 3. The van der Waals surface area contributed by atoms with Crippen molar-refractivity contribution < 1.29 is 28.6 Å². The maximum absolute atomic E-state index is 13.5. The zero-order valence-electron chi connectivity index (χ0n) is 18.7. The number of para-hydroxylation sites is 1. The van der Waals surface area contributed by atoms with Crippen LogP contribution in [0.25, 0.3) is 0 Å². The van der Waals surface area contributed by atoms with Gasteiger partial charge >= 0.3 is 5.97 Å². The fourth-order valence-corrected chi connectivity index (χ4v) is 3.66. The third-order valence-corrected chi connectivity index (χ3v) is 5.38. The Balaban J connectivity index is 2.01. The van der Waals surface area contributed by atoms with Crippen molar-refractivity contribution in [2.75, 3.05) is 34.0 Å². The molecule has 0 aliphatic carbocycles. The lowest BCUT2D eigenvalue weighted by Crippen LogP contribution is -2.63. The van der Waals surface area contributed by atoms with Crippen molar-refractivity contribution in [3.8, 4) is 5.75 Å². The Bertz CT molecular complexity index is 1000. The van der Waals surface area contributed by atoms with Gasteiger partial charge in [0.05, 0.1) is 33.4 Å². The van der Waals surface area contributed by atoms with Gasteiger partial charge < -0.3 is 24.4 Å². The molecule has 1 aliphatic heterocycles. The Morgan fingerprint density at radius 2 is 2.00 bits per heavy atom. The van der Waals surface area contributed by atoms with Crippen LogP contribution < -0.4 is 10.1 Å². The van der Waals surface area contributed by atoms with Crippen LogP contribution in [0, 0.1) is 0 Å². The highest BCUT2D eigenvalue weighted by Crippen LogP contribution is 2.31. The first-order chi connectivity index (χ1) is 15.3. The molecule has 0 fully saturated rings. The van der Waals surface area contributed by atoms with Gasteiger partial charge in [-0.15, -0.1) is 0 Å². The summed E-state index contributed by atoms with van der Waals surface area (Å²) < 4.78 is 16.8. The summed E-state index contributed by atoms with van der Waals surface area (Å²) in [7, 11) is 3.09. The molecule has 2 aromatic rings. The number of rotatable bonds is 9. The molecule has 0 bridgehead atoms. The summed E-state index contributed by atoms with van der Waals surface area (Å²) in [6.07, 6.45) is 0. The van der Waals surface area contributed by atoms with E-state index in [1.165, 1.54) is 15.6 Å². The molecule has 1 aromatic heterocycles. The molecule has 0 spiro atoms. The van der Waals surface area contributed by atoms with Crippen LogP contribution >= 0.6 is 0 Å². The van der Waals surface area contributed by atoms with Gasteiger partial charge in [0.15, 0.2) is 5.69 Å². The van der Waals surface area contributed by atoms with Gasteiger partial charge in [0.1, 0.15) is 17.0 Å². The van der Waals surface area contributed by atoms with Gasteiger partial charge in [-0.25, -0.2) is 4.79 Å². The lowest BCUT2D eigenvalue weighted by molar-refractivity contribution is -0.133. The van der Waals surface area contributed by atoms with Crippen LogP contribution in [0.1, 0.15) is 40.4 Å². The maximum atomic E-state index is 13.5. The highest BCUT2D eigenvalue weighted by atomic mass is 16.5. The number of carbonyl (C=O) groups is 3. The zero-order valence-corrected chi connectivity index (χ0v) is 18.7. The van der Waals surface area contributed by atoms with Crippen LogP contribution in [-0.2, 0) is 27.4 Å². The van der Waals surface area contributed by atoms with Crippen LogP contribution in [0.15, 0.2) is 30.3 Å². The Morgan fingerprint density at radius 3 is 2.69 bits per heavy atom. The van der Waals surface area contributed by atoms with E-state index < -0.39 is 17.4 Å². The number of methoxy groups -OCH3 is 2. The first-order valence-electron chi connectivity index (χ1n) is 10.3. The number of amides is 2. The molecule has 32 heavy (non-hydrogen) atoms. The topological polar surface area (TPSA) is 112 Å². The smallest absolute Gasteiger partial charge is 0.358 e. The standard InChI is InChI=1S/C22H28N4O6/c1-5-32-20(28)16-12-17-19(27)25(13-15-8-6-7-9-18(15)31-4)22(2,14-26(17)24-16)21(29)23-10-11-30-3/h6-9,12H,5,10-11,13-14H2,1-4H3,(H,23,29)/t22-/m1/s1. The van der Waals surface area contributed by atoms with E-state index in [2.05, 4.69) is 10.4 Å². The summed E-state index contributed by atoms with van der Waals surface area (Å²) in [5.74, 6) is -0.787. The number of carbonyl (C=O) groups excluding carboxylic acids is 3. The molecule has 2 amide bonds. The van der Waals surface area contributed by atoms with Crippen molar-refractivity contribution in [1.82, 2.24) is 20.0 Å². The summed E-state index contributed by atoms with van der Waals surface area (Å²) in [5.41, 5.74) is -0.282. The number of aromatic nitrogens is 2. The second-order valence-corrected chi connectivity index (χ2v) is 7.52. The predicted molar refractivity (Wildman–Crippen MR) is 114 cm³/mol. The highest BCUT2D eigenvalue weighted by molar-refractivity contribution is 6.01. The molecule has 1 N–H and O–H groups in total. The Kier molecular flexibility index (Phi) is 7.14. The van der Waals surface area contributed by atoms with E-state index in [1.807, 2.05) is 18.2 Å². The Labute approximate surface area is 186 Å². The van der Waals surface area contributed by atoms with Gasteiger partial charge in [-0.05, 0) is 19.9 Å². The molecular formula is C22H28N4O6. The van der Waals surface area contributed by atoms with E-state index in [-0.39, 0.29) is 37.0 Å². The van der Waals surface area contributed by atoms with Crippen molar-refractivity contribution in [2.45, 2.75) is 32.5 Å². The van der Waals surface area contributed by atoms with Gasteiger partial charge in [0.2, 0.25) is 5.91 Å². The Morgan fingerprint density at radius 1 is 1.25 bits per heavy atom. The second kappa shape index (κ2) is 9.82. The predicted octanol–water partition coefficient (Wildman–Crippen LogP) is 1.25. The summed E-state index contributed by atoms with van der Waals surface area (Å²) in [5, 5.41) is 7.05. The largest absolute Gasteiger partial charge is 0.496 e. The minimum absolute atomic E-state index is 0.0245. The lowest BCUT2D eigenvalue weighted by atomic mass is 9.94. The minimum Gasteiger partial charge on any atom is -0.496 e. The number of hydrogen-bond donors (Lipinski definition) is 1. The normalized spacial score (nSPS) is 17.6. The average Bonchev–Trinajstić information content (AvgIpc) is 3.21. The number of nitrogens with one attached hydrogen (secondary N) is 1. The molecule has 0 radical (unpaired) electrons. The van der Waals surface area contributed by atoms with E-state index in [1.54, 1.807) is 34.1 Å². The quantitative estimate of drug-likeness (QED) is 0.458. The maximum Gasteiger partial charge on any atom is 0.358 e. The minimum atomic E-state index is -1.27. The van der Waals surface area contributed by atoms with Crippen LogP contribution in [0.3, 0.4) is 0 Å². The number of fused-ring (bicyclic) bond motifs is 1. The van der Waals surface area contributed by atoms with E-state index in [0.29, 0.717) is 18.9 Å². The van der Waals surface area contributed by atoms with Crippen molar-refractivity contribution in [2.24, 2.45) is 0 Å². The van der Waals surface area contributed by atoms with E-state index in [4.69, 9.17) is 14.2 Å². The van der Waals surface area contributed by atoms with Crippen LogP contribution in [-0.4, -0.2) is 72.0 Å². The van der Waals surface area contributed by atoms with Crippen molar-refractivity contribution in [3.63, 3.8) is 0 Å². The highest BCUT2D eigenvalue weighted by Gasteiger charge is 2.48. The van der Waals surface area contributed by atoms with Crippen molar-refractivity contribution >= 4 is 17.8 Å². The van der Waals surface area contributed by atoms with E-state index in [0.717, 1.165) is 5.56 Å². The molecule has 172 valence electrons. The van der Waals surface area contributed by atoms with Crippen molar-refractivity contribution in [3.05, 3.63) is 47.3 Å². The fraction of sp³-hybridized carbons (Fsp3) is 0.455. The molecule has 2 heterocycles. The number of esters is 1. The molecule has 1 atom stereocenters. The molecule has 1 aliphatic rings. The number of hydrogen-bond acceptors (Lipinski definition) is 7. The van der Waals surface area contributed by atoms with Crippen LogP contribution in [0.2, 0.25) is 0 Å². The van der Waals surface area contributed by atoms with Crippen molar-refractivity contribution in [1.29, 1.82) is 0 Å². The average molecular weight is 444 g/mol. The molecule has 10 heteroatoms. The summed E-state index contributed by atoms with van der Waals surface area (Å²) in [6.45, 7) is 4.39. The third kappa shape index (κ3) is 4.45. The number of ether oxygens (including phenoxy) is 3. The van der Waals surface area contributed by atoms with Gasteiger partial charge in [-0.1, -0.05) is 18.2 Å². The van der Waals surface area contributed by atoms with Crippen LogP contribution in [0.5, 0.6) is 5.75 Å². The fourth-order valence-electron chi connectivity index (χ4n) is 3.66. The molecule has 0 saturated heterocycles. The molecular weight excluding hydrogens is 416 g/mol. The molecule has 0 unspecified atom stereocenters. The van der Waals surface area contributed by atoms with Crippen LogP contribution in [0.4, 0.5) is 0 Å². The SMILES string of the molecule is CCOC(=O)c1cc2n(n1)C[C@](C)(C(=O)NCCOC)N(Cc1ccccc1OC)C2=O. The Hall–Kier alpha value is -3.40. The number of benzene rings is 1. The van der Waals surface area contributed by atoms with E-state index in [9.17, 15) is 14.4 Å². The third-order valence-electron chi connectivity index (χ3n) is 5.38. The van der Waals surface area contributed by atoms with E-state index >= 15 is 0 Å². The monoisotopic (exact) mass is 444 g/mol. The second-order valence-electron chi connectivity index (χ2n) is 7.52. The molecule has 1 aromatic carbocycles. The van der Waals surface area contributed by atoms with Gasteiger partial charge in [0.25, 0.3) is 5.91 Å². The van der Waals surface area contributed by atoms with Gasteiger partial charge in [-0.2, -0.15) is 5.10 Å². The first-order valence-corrected chi connectivity index (χ1v) is 10.3. The lowest BCUT2D eigenvalue weighted by Gasteiger charge is -2.43. The molecule has 0 saturated carbocycles.